The fourth-order valence-corrected chi connectivity index (χ4v) is 2.31. The Hall–Kier alpha value is -3.28. The molecule has 0 aliphatic heterocycles. The number of nitrogens with zero attached hydrogens (tertiary/aromatic N) is 3. The summed E-state index contributed by atoms with van der Waals surface area (Å²) in [7, 11) is 0. The highest BCUT2D eigenvalue weighted by Crippen LogP contribution is 2.23. The van der Waals surface area contributed by atoms with E-state index in [1.807, 2.05) is 71.5 Å². The van der Waals surface area contributed by atoms with Crippen LogP contribution in [-0.2, 0) is 6.54 Å². The van der Waals surface area contributed by atoms with E-state index < -0.39 is 0 Å². The number of rotatable bonds is 7. The summed E-state index contributed by atoms with van der Waals surface area (Å²) in [6, 6.07) is 19.2. The third-order valence-electron chi connectivity index (χ3n) is 3.47. The molecule has 3 N–H and O–H groups in total. The van der Waals surface area contributed by atoms with E-state index in [0.29, 0.717) is 12.5 Å². The summed E-state index contributed by atoms with van der Waals surface area (Å²) in [6.07, 6.45) is 4.58. The number of aromatic nitrogens is 2. The normalized spacial score (nSPS) is 11.3. The predicted molar refractivity (Wildman–Crippen MR) is 99.9 cm³/mol. The first-order chi connectivity index (χ1) is 12.3. The van der Waals surface area contributed by atoms with Gasteiger partial charge in [0.05, 0.1) is 0 Å². The molecule has 1 aromatic heterocycles. The first kappa shape index (κ1) is 16.6. The zero-order chi connectivity index (χ0) is 17.3. The lowest BCUT2D eigenvalue weighted by atomic mass is 10.3. The van der Waals surface area contributed by atoms with E-state index in [0.717, 1.165) is 30.2 Å². The van der Waals surface area contributed by atoms with Crippen LogP contribution >= 0.6 is 0 Å². The summed E-state index contributed by atoms with van der Waals surface area (Å²) in [5, 5.41) is 7.24. The second-order valence-electron chi connectivity index (χ2n) is 5.46. The molecule has 0 aliphatic rings. The van der Waals surface area contributed by atoms with Crippen molar-refractivity contribution in [2.75, 3.05) is 11.9 Å². The number of hydrogen-bond donors (Lipinski definition) is 2. The van der Waals surface area contributed by atoms with Gasteiger partial charge in [-0.15, -0.1) is 0 Å². The third-order valence-corrected chi connectivity index (χ3v) is 3.47. The van der Waals surface area contributed by atoms with Gasteiger partial charge in [-0.1, -0.05) is 24.3 Å². The fourth-order valence-electron chi connectivity index (χ4n) is 2.31. The molecule has 6 heteroatoms. The van der Waals surface area contributed by atoms with Crippen molar-refractivity contribution in [3.05, 3.63) is 73.1 Å². The minimum absolute atomic E-state index is 0.386. The van der Waals surface area contributed by atoms with Gasteiger partial charge in [0, 0.05) is 37.2 Å². The highest BCUT2D eigenvalue weighted by Gasteiger charge is 2.00. The largest absolute Gasteiger partial charge is 0.457 e. The van der Waals surface area contributed by atoms with Crippen molar-refractivity contribution < 1.29 is 4.74 Å². The first-order valence-corrected chi connectivity index (χ1v) is 8.17. The zero-order valence-corrected chi connectivity index (χ0v) is 13.9. The van der Waals surface area contributed by atoms with Crippen LogP contribution in [0.5, 0.6) is 11.5 Å². The van der Waals surface area contributed by atoms with E-state index in [-0.39, 0.29) is 0 Å². The maximum atomic E-state index is 5.94. The lowest BCUT2D eigenvalue weighted by Gasteiger charge is -2.09. The number of hydrogen-bond acceptors (Lipinski definition) is 3. The van der Waals surface area contributed by atoms with Gasteiger partial charge in [-0.05, 0) is 36.8 Å². The molecule has 128 valence electrons. The van der Waals surface area contributed by atoms with Gasteiger partial charge in [0.1, 0.15) is 11.5 Å². The molecule has 2 aromatic carbocycles. The molecule has 0 atom stereocenters. The zero-order valence-electron chi connectivity index (χ0n) is 13.9. The van der Waals surface area contributed by atoms with E-state index in [1.165, 1.54) is 0 Å². The molecule has 25 heavy (non-hydrogen) atoms. The number of benzene rings is 2. The van der Waals surface area contributed by atoms with Gasteiger partial charge >= 0.3 is 0 Å². The standard InChI is InChI=1S/C19H21N5O/c20-19(21-11-5-13-24-14-6-12-22-24)23-16-7-4-10-18(15-16)25-17-8-2-1-3-9-17/h1-4,6-10,12,14-15H,5,11,13H2,(H3,20,21,23). The molecule has 0 saturated carbocycles. The molecular formula is C19H21N5O. The van der Waals surface area contributed by atoms with Gasteiger partial charge in [-0.3, -0.25) is 9.67 Å². The van der Waals surface area contributed by atoms with Crippen LogP contribution in [0.2, 0.25) is 0 Å². The molecule has 0 unspecified atom stereocenters. The molecule has 0 fully saturated rings. The Balaban J connectivity index is 1.51. The Kier molecular flexibility index (Phi) is 5.66. The summed E-state index contributed by atoms with van der Waals surface area (Å²) < 4.78 is 7.69. The van der Waals surface area contributed by atoms with Gasteiger partial charge in [0.15, 0.2) is 5.96 Å². The Morgan fingerprint density at radius 1 is 1.08 bits per heavy atom. The second-order valence-corrected chi connectivity index (χ2v) is 5.46. The summed E-state index contributed by atoms with van der Waals surface area (Å²) in [6.45, 7) is 1.46. The monoisotopic (exact) mass is 335 g/mol. The van der Waals surface area contributed by atoms with Crippen molar-refractivity contribution >= 4 is 11.6 Å². The van der Waals surface area contributed by atoms with Crippen molar-refractivity contribution in [1.82, 2.24) is 9.78 Å². The molecule has 0 radical (unpaired) electrons. The second kappa shape index (κ2) is 8.54. The van der Waals surface area contributed by atoms with Crippen LogP contribution in [0.3, 0.4) is 0 Å². The van der Waals surface area contributed by atoms with Crippen LogP contribution in [0.4, 0.5) is 5.69 Å². The molecular weight excluding hydrogens is 314 g/mol. The minimum Gasteiger partial charge on any atom is -0.457 e. The Labute approximate surface area is 147 Å². The van der Waals surface area contributed by atoms with Crippen LogP contribution in [0.15, 0.2) is 78.0 Å². The van der Waals surface area contributed by atoms with Crippen LogP contribution < -0.4 is 15.8 Å². The average molecular weight is 335 g/mol. The van der Waals surface area contributed by atoms with Gasteiger partial charge in [-0.25, -0.2) is 0 Å². The van der Waals surface area contributed by atoms with E-state index in [9.17, 15) is 0 Å². The Bertz CT molecular complexity index is 800. The predicted octanol–water partition coefficient (Wildman–Crippen LogP) is 3.49. The highest BCUT2D eigenvalue weighted by atomic mass is 16.5. The summed E-state index contributed by atoms with van der Waals surface area (Å²) in [5.74, 6) is 1.92. The van der Waals surface area contributed by atoms with Crippen molar-refractivity contribution in [3.63, 3.8) is 0 Å². The number of nitrogens with two attached hydrogens (primary N) is 1. The highest BCUT2D eigenvalue weighted by molar-refractivity contribution is 5.92. The quantitative estimate of drug-likeness (QED) is 0.394. The van der Waals surface area contributed by atoms with Crippen molar-refractivity contribution in [3.8, 4) is 11.5 Å². The molecule has 6 nitrogen and oxygen atoms in total. The number of para-hydroxylation sites is 1. The fraction of sp³-hybridized carbons (Fsp3) is 0.158. The Morgan fingerprint density at radius 3 is 2.72 bits per heavy atom. The molecule has 1 heterocycles. The molecule has 3 rings (SSSR count). The van der Waals surface area contributed by atoms with E-state index >= 15 is 0 Å². The third kappa shape index (κ3) is 5.39. The lowest BCUT2D eigenvalue weighted by Crippen LogP contribution is -2.23. The van der Waals surface area contributed by atoms with E-state index in [1.54, 1.807) is 6.20 Å². The topological polar surface area (TPSA) is 77.5 Å². The SMILES string of the molecule is NC(=NCCCn1cccn1)Nc1cccc(Oc2ccccc2)c1. The van der Waals surface area contributed by atoms with Gasteiger partial charge in [-0.2, -0.15) is 5.10 Å². The smallest absolute Gasteiger partial charge is 0.193 e. The van der Waals surface area contributed by atoms with Crippen LogP contribution in [-0.4, -0.2) is 22.3 Å². The number of guanidine groups is 1. The Morgan fingerprint density at radius 2 is 1.92 bits per heavy atom. The summed E-state index contributed by atoms with van der Waals surface area (Å²) >= 11 is 0. The van der Waals surface area contributed by atoms with E-state index in [4.69, 9.17) is 10.5 Å². The van der Waals surface area contributed by atoms with Gasteiger partial charge in [0.25, 0.3) is 0 Å². The molecule has 0 spiro atoms. The lowest BCUT2D eigenvalue weighted by molar-refractivity contribution is 0.483. The van der Waals surface area contributed by atoms with Gasteiger partial charge < -0.3 is 15.8 Å². The van der Waals surface area contributed by atoms with Crippen molar-refractivity contribution in [2.45, 2.75) is 13.0 Å². The van der Waals surface area contributed by atoms with Crippen LogP contribution in [0, 0.1) is 0 Å². The maximum Gasteiger partial charge on any atom is 0.193 e. The van der Waals surface area contributed by atoms with Gasteiger partial charge in [0.2, 0.25) is 0 Å². The molecule has 0 saturated heterocycles. The molecule has 0 bridgehead atoms. The number of ether oxygens (including phenoxy) is 1. The van der Waals surface area contributed by atoms with Crippen LogP contribution in [0.1, 0.15) is 6.42 Å². The summed E-state index contributed by atoms with van der Waals surface area (Å²) in [4.78, 5) is 4.33. The molecule has 0 aliphatic carbocycles. The van der Waals surface area contributed by atoms with E-state index in [2.05, 4.69) is 15.4 Å². The van der Waals surface area contributed by atoms with Crippen molar-refractivity contribution in [2.24, 2.45) is 10.7 Å². The number of anilines is 1. The number of aryl methyl sites for hydroxylation is 1. The number of nitrogens with one attached hydrogen (secondary N) is 1. The summed E-state index contributed by atoms with van der Waals surface area (Å²) in [5.41, 5.74) is 6.78. The van der Waals surface area contributed by atoms with Crippen molar-refractivity contribution in [1.29, 1.82) is 0 Å². The molecule has 3 aromatic rings. The average Bonchev–Trinajstić information content (AvgIpc) is 3.13. The number of aliphatic imine (C=N–C) groups is 1. The first-order valence-electron chi connectivity index (χ1n) is 8.17. The minimum atomic E-state index is 0.386. The molecule has 0 amide bonds. The maximum absolute atomic E-state index is 5.94. The van der Waals surface area contributed by atoms with Crippen LogP contribution in [0.25, 0.3) is 0 Å².